The highest BCUT2D eigenvalue weighted by Crippen LogP contribution is 2.53. The zero-order chi connectivity index (χ0) is 28.4. The van der Waals surface area contributed by atoms with E-state index in [0.717, 1.165) is 0 Å². The van der Waals surface area contributed by atoms with Crippen LogP contribution in [0, 0.1) is 0 Å². The van der Waals surface area contributed by atoms with Crippen LogP contribution in [-0.4, -0.2) is 19.1 Å². The van der Waals surface area contributed by atoms with E-state index in [-0.39, 0.29) is 43.6 Å². The minimum atomic E-state index is -0.267. The molecule has 0 fully saturated rings. The molecule has 0 atom stereocenters. The van der Waals surface area contributed by atoms with Crippen LogP contribution < -0.4 is 31.6 Å². The topological polar surface area (TPSA) is 119 Å². The molecule has 2 aliphatic heterocycles. The zero-order valence-corrected chi connectivity index (χ0v) is 28.0. The predicted octanol–water partition coefficient (Wildman–Crippen LogP) is 7.48. The number of aryl methyl sites for hydroxylation is 2. The van der Waals surface area contributed by atoms with Gasteiger partial charge in [-0.25, -0.2) is 19.6 Å². The lowest BCUT2D eigenvalue weighted by Gasteiger charge is -2.23. The van der Waals surface area contributed by atoms with Gasteiger partial charge in [0, 0.05) is 13.1 Å². The van der Waals surface area contributed by atoms with Crippen molar-refractivity contribution in [3.8, 4) is 23.0 Å². The average Bonchev–Trinajstić information content (AvgIpc) is 3.48. The Morgan fingerprint density at radius 2 is 1.05 bits per heavy atom. The minimum Gasteiger partial charge on any atom is -0.450 e. The Morgan fingerprint density at radius 3 is 1.40 bits per heavy atom. The number of rotatable bonds is 2. The number of halogens is 6. The Kier molecular flexibility index (Phi) is 6.16. The van der Waals surface area contributed by atoms with Crippen molar-refractivity contribution < 1.29 is 9.47 Å². The van der Waals surface area contributed by atoms with Crippen LogP contribution in [0.15, 0.2) is 37.5 Å². The van der Waals surface area contributed by atoms with E-state index < -0.39 is 0 Å². The predicted molar refractivity (Wildman–Crippen MR) is 166 cm³/mol. The second kappa shape index (κ2) is 9.20. The summed E-state index contributed by atoms with van der Waals surface area (Å²) in [6, 6.07) is 0. The first kappa shape index (κ1) is 26.8. The molecule has 5 aromatic rings. The maximum absolute atomic E-state index is 12.6. The van der Waals surface area contributed by atoms with Crippen molar-refractivity contribution in [2.45, 2.75) is 26.9 Å². The lowest BCUT2D eigenvalue weighted by molar-refractivity contribution is 0.448. The standard InChI is InChI=1S/C24H12Br4Cl2N6O4/c1-3-35-17-7(27)19-13(5(25)11(17)33-23(35)37)31-15-10(30)22-16(9(29)21(15)39-19)32-14-6(26)12-18(8(28)20(14)40-22)36(4-2)24(38)34-12/h3-4H2,1-2H3,(H,33,37)(H,34,38). The SMILES string of the molecule is CCn1c(=O)[nH]c2c(Br)c3c(c(Br)c21)Oc1c(Cl)c2c(c(Cl)c1=N3)Oc1c(c(Br)c3[nH]c(=O)n(CC)c3c1Br)N=2. The van der Waals surface area contributed by atoms with E-state index in [2.05, 4.69) is 73.7 Å². The molecule has 0 radical (unpaired) electrons. The number of hydrogen-bond donors (Lipinski definition) is 2. The van der Waals surface area contributed by atoms with Gasteiger partial charge in [-0.15, -0.1) is 0 Å². The van der Waals surface area contributed by atoms with Gasteiger partial charge in [0.25, 0.3) is 0 Å². The number of fused-ring (bicyclic) bond motifs is 6. The second-order valence-corrected chi connectivity index (χ2v) is 12.7. The molecule has 0 saturated carbocycles. The van der Waals surface area contributed by atoms with E-state index in [4.69, 9.17) is 42.7 Å². The van der Waals surface area contributed by atoms with E-state index in [0.29, 0.717) is 75.9 Å². The summed E-state index contributed by atoms with van der Waals surface area (Å²) < 4.78 is 17.9. The summed E-state index contributed by atoms with van der Waals surface area (Å²) in [5, 5.41) is 0.734. The van der Waals surface area contributed by atoms with Crippen LogP contribution in [0.5, 0.6) is 23.0 Å². The molecule has 0 saturated heterocycles. The molecular formula is C24H12Br4Cl2N6O4. The Hall–Kier alpha value is -2.10. The summed E-state index contributed by atoms with van der Waals surface area (Å²) in [6.07, 6.45) is 0. The molecule has 7 rings (SSSR count). The number of H-pyrrole nitrogens is 2. The Labute approximate surface area is 266 Å². The van der Waals surface area contributed by atoms with Gasteiger partial charge in [0.05, 0.1) is 40.0 Å². The number of hydrogen-bond acceptors (Lipinski definition) is 6. The van der Waals surface area contributed by atoms with E-state index in [9.17, 15) is 9.59 Å². The van der Waals surface area contributed by atoms with E-state index in [1.165, 1.54) is 0 Å². The monoisotopic (exact) mass is 834 g/mol. The van der Waals surface area contributed by atoms with E-state index in [1.54, 1.807) is 9.13 Å². The number of aromatic nitrogens is 4. The highest BCUT2D eigenvalue weighted by Gasteiger charge is 2.33. The van der Waals surface area contributed by atoms with Crippen LogP contribution in [-0.2, 0) is 13.1 Å². The third-order valence-corrected chi connectivity index (χ3v) is 10.5. The van der Waals surface area contributed by atoms with Crippen molar-refractivity contribution in [3.05, 3.63) is 59.6 Å². The van der Waals surface area contributed by atoms with Gasteiger partial charge in [-0.2, -0.15) is 0 Å². The van der Waals surface area contributed by atoms with Gasteiger partial charge in [-0.05, 0) is 77.6 Å². The molecule has 204 valence electrons. The van der Waals surface area contributed by atoms with Crippen molar-refractivity contribution in [2.75, 3.05) is 0 Å². The third kappa shape index (κ3) is 3.37. The number of aromatic amines is 2. The minimum absolute atomic E-state index is 0.127. The summed E-state index contributed by atoms with van der Waals surface area (Å²) in [5.41, 5.74) is 2.63. The number of benzene rings is 3. The van der Waals surface area contributed by atoms with Crippen molar-refractivity contribution in [1.82, 2.24) is 19.1 Å². The molecule has 3 aromatic carbocycles. The van der Waals surface area contributed by atoms with Crippen LogP contribution in [0.4, 0.5) is 11.4 Å². The second-order valence-electron chi connectivity index (χ2n) is 8.82. The van der Waals surface area contributed by atoms with Crippen LogP contribution >= 0.6 is 86.9 Å². The molecule has 2 aromatic heterocycles. The number of nitrogens with zero attached hydrogens (tertiary/aromatic N) is 4. The maximum atomic E-state index is 12.6. The first-order chi connectivity index (χ1) is 19.1. The average molecular weight is 839 g/mol. The van der Waals surface area contributed by atoms with Gasteiger partial charge in [0.15, 0.2) is 23.0 Å². The molecule has 0 amide bonds. The van der Waals surface area contributed by atoms with Gasteiger partial charge in [-0.1, -0.05) is 23.2 Å². The van der Waals surface area contributed by atoms with Gasteiger partial charge < -0.3 is 19.4 Å². The molecule has 4 heterocycles. The third-order valence-electron chi connectivity index (χ3n) is 6.80. The summed E-state index contributed by atoms with van der Waals surface area (Å²) in [4.78, 5) is 40.4. The van der Waals surface area contributed by atoms with Crippen molar-refractivity contribution in [1.29, 1.82) is 0 Å². The summed E-state index contributed by atoms with van der Waals surface area (Å²) >= 11 is 28.1. The zero-order valence-electron chi connectivity index (χ0n) is 20.1. The van der Waals surface area contributed by atoms with E-state index in [1.807, 2.05) is 13.8 Å². The molecule has 0 unspecified atom stereocenters. The molecule has 2 N–H and O–H groups in total. The first-order valence-electron chi connectivity index (χ1n) is 11.7. The maximum Gasteiger partial charge on any atom is 0.326 e. The number of ether oxygens (including phenoxy) is 2. The number of nitrogens with one attached hydrogen (secondary N) is 2. The Morgan fingerprint density at radius 1 is 0.675 bits per heavy atom. The molecule has 0 spiro atoms. The summed E-state index contributed by atoms with van der Waals surface area (Å²) in [5.74, 6) is 1.08. The van der Waals surface area contributed by atoms with Gasteiger partial charge in [-0.3, -0.25) is 9.13 Å². The fourth-order valence-electron chi connectivity index (χ4n) is 5.00. The van der Waals surface area contributed by atoms with Crippen LogP contribution in [0.2, 0.25) is 10.0 Å². The lowest BCUT2D eigenvalue weighted by Crippen LogP contribution is -2.22. The lowest BCUT2D eigenvalue weighted by atomic mass is 10.2. The highest BCUT2D eigenvalue weighted by atomic mass is 79.9. The largest absolute Gasteiger partial charge is 0.450 e. The Bertz CT molecular complexity index is 2110. The summed E-state index contributed by atoms with van der Waals surface area (Å²) in [7, 11) is 0. The van der Waals surface area contributed by atoms with Crippen LogP contribution in [0.3, 0.4) is 0 Å². The smallest absolute Gasteiger partial charge is 0.326 e. The van der Waals surface area contributed by atoms with E-state index >= 15 is 0 Å². The first-order valence-corrected chi connectivity index (χ1v) is 15.6. The molecule has 0 aliphatic carbocycles. The molecule has 16 heteroatoms. The fourth-order valence-corrected chi connectivity index (χ4v) is 7.98. The number of imidazole rings is 2. The van der Waals surface area contributed by atoms with Crippen molar-refractivity contribution >= 4 is 120 Å². The molecule has 40 heavy (non-hydrogen) atoms. The normalized spacial score (nSPS) is 13.2. The quantitative estimate of drug-likeness (QED) is 0.188. The molecular weight excluding hydrogens is 827 g/mol. The van der Waals surface area contributed by atoms with Crippen molar-refractivity contribution in [2.24, 2.45) is 9.98 Å². The van der Waals surface area contributed by atoms with Crippen LogP contribution in [0.25, 0.3) is 22.1 Å². The molecule has 2 aliphatic rings. The fraction of sp³-hybridized carbons (Fsp3) is 0.167. The van der Waals surface area contributed by atoms with Crippen LogP contribution in [0.1, 0.15) is 13.8 Å². The summed E-state index contributed by atoms with van der Waals surface area (Å²) in [6.45, 7) is 4.62. The van der Waals surface area contributed by atoms with Crippen molar-refractivity contribution in [3.63, 3.8) is 0 Å². The van der Waals surface area contributed by atoms with Gasteiger partial charge >= 0.3 is 11.4 Å². The molecule has 0 bridgehead atoms. The van der Waals surface area contributed by atoms with Gasteiger partial charge in [0.2, 0.25) is 0 Å². The van der Waals surface area contributed by atoms with Gasteiger partial charge in [0.1, 0.15) is 32.1 Å². The highest BCUT2D eigenvalue weighted by molar-refractivity contribution is 9.11. The Balaban J connectivity index is 1.54. The molecule has 10 nitrogen and oxygen atoms in total.